The van der Waals surface area contributed by atoms with Gasteiger partial charge in [0.05, 0.1) is 5.69 Å². The molecule has 3 aromatic rings. The van der Waals surface area contributed by atoms with Gasteiger partial charge in [-0.1, -0.05) is 23.7 Å². The van der Waals surface area contributed by atoms with Crippen LogP contribution in [0, 0.1) is 11.6 Å². The Bertz CT molecular complexity index is 880. The van der Waals surface area contributed by atoms with Crippen LogP contribution in [0.15, 0.2) is 53.3 Å². The summed E-state index contributed by atoms with van der Waals surface area (Å²) in [5, 5.41) is 2.73. The number of aromatic nitrogens is 1. The number of nitrogens with one attached hydrogen (secondary N) is 1. The molecule has 0 fully saturated rings. The molecule has 1 amide bonds. The molecule has 0 aliphatic carbocycles. The third-order valence-corrected chi connectivity index (χ3v) is 3.28. The zero-order valence-electron chi connectivity index (χ0n) is 11.5. The number of amides is 1. The van der Waals surface area contributed by atoms with Gasteiger partial charge in [-0.3, -0.25) is 4.79 Å². The number of oxazole rings is 1. The Morgan fingerprint density at radius 2 is 2.00 bits per heavy atom. The molecule has 0 spiro atoms. The molecule has 1 N–H and O–H groups in total. The van der Waals surface area contributed by atoms with Gasteiger partial charge < -0.3 is 9.73 Å². The van der Waals surface area contributed by atoms with E-state index in [-0.39, 0.29) is 17.1 Å². The first kappa shape index (κ1) is 15.2. The fourth-order valence-corrected chi connectivity index (χ4v) is 2.21. The topological polar surface area (TPSA) is 55.1 Å². The molecule has 0 radical (unpaired) electrons. The number of hydrogen-bond acceptors (Lipinski definition) is 3. The van der Waals surface area contributed by atoms with E-state index in [1.165, 1.54) is 0 Å². The Balaban J connectivity index is 1.92. The highest BCUT2D eigenvalue weighted by molar-refractivity contribution is 6.30. The van der Waals surface area contributed by atoms with Crippen molar-refractivity contribution < 1.29 is 18.0 Å². The Labute approximate surface area is 134 Å². The number of nitrogens with zero attached hydrogens (tertiary/aromatic N) is 1. The Hall–Kier alpha value is -2.73. The van der Waals surface area contributed by atoms with Gasteiger partial charge in [0, 0.05) is 16.7 Å². The quantitative estimate of drug-likeness (QED) is 0.766. The third kappa shape index (κ3) is 3.22. The normalized spacial score (nSPS) is 10.6. The number of benzene rings is 2. The number of rotatable bonds is 3. The zero-order valence-corrected chi connectivity index (χ0v) is 12.3. The summed E-state index contributed by atoms with van der Waals surface area (Å²) in [6.07, 6.45) is 1.09. The van der Waals surface area contributed by atoms with Crippen LogP contribution in [-0.2, 0) is 0 Å². The van der Waals surface area contributed by atoms with Crippen molar-refractivity contribution in [3.8, 4) is 11.3 Å². The molecular weight excluding hydrogens is 326 g/mol. The van der Waals surface area contributed by atoms with Gasteiger partial charge in [0.2, 0.25) is 0 Å². The lowest BCUT2D eigenvalue weighted by Gasteiger charge is -2.06. The van der Waals surface area contributed by atoms with Gasteiger partial charge >= 0.3 is 0 Å². The van der Waals surface area contributed by atoms with E-state index in [9.17, 15) is 13.6 Å². The molecular formula is C16H9ClF2N2O2. The van der Waals surface area contributed by atoms with Gasteiger partial charge in [0.25, 0.3) is 5.91 Å². The van der Waals surface area contributed by atoms with E-state index in [1.54, 1.807) is 24.3 Å². The lowest BCUT2D eigenvalue weighted by atomic mass is 10.1. The highest BCUT2D eigenvalue weighted by atomic mass is 35.5. The molecule has 0 bridgehead atoms. The standard InChI is InChI=1S/C16H9ClF2N2O2/c17-10-3-1-2-9(6-10)15-14(20-8-23-15)16(22)21-13-7-11(18)4-5-12(13)19/h1-8H,(H,21,22). The minimum absolute atomic E-state index is 0.0593. The average molecular weight is 335 g/mol. The Morgan fingerprint density at radius 1 is 1.17 bits per heavy atom. The number of carbonyl (C=O) groups excluding carboxylic acids is 1. The molecule has 7 heteroatoms. The first-order valence-electron chi connectivity index (χ1n) is 6.50. The van der Waals surface area contributed by atoms with Crippen molar-refractivity contribution in [1.29, 1.82) is 0 Å². The summed E-state index contributed by atoms with van der Waals surface area (Å²) in [7, 11) is 0. The molecule has 1 aromatic heterocycles. The second-order valence-electron chi connectivity index (χ2n) is 4.62. The number of hydrogen-bond donors (Lipinski definition) is 1. The Morgan fingerprint density at radius 3 is 2.78 bits per heavy atom. The van der Waals surface area contributed by atoms with Crippen LogP contribution in [0.25, 0.3) is 11.3 Å². The highest BCUT2D eigenvalue weighted by Gasteiger charge is 2.20. The van der Waals surface area contributed by atoms with Crippen molar-refractivity contribution in [2.75, 3.05) is 5.32 Å². The first-order chi connectivity index (χ1) is 11.0. The van der Waals surface area contributed by atoms with Crippen molar-refractivity contribution >= 4 is 23.2 Å². The monoisotopic (exact) mass is 334 g/mol. The van der Waals surface area contributed by atoms with Gasteiger partial charge in [-0.25, -0.2) is 13.8 Å². The predicted octanol–water partition coefficient (Wildman–Crippen LogP) is 4.53. The summed E-state index contributed by atoms with van der Waals surface area (Å²) in [5.74, 6) is -1.97. The van der Waals surface area contributed by atoms with Crippen LogP contribution in [0.5, 0.6) is 0 Å². The van der Waals surface area contributed by atoms with Crippen LogP contribution in [0.4, 0.5) is 14.5 Å². The van der Waals surface area contributed by atoms with Crippen molar-refractivity contribution in [3.05, 3.63) is 71.2 Å². The van der Waals surface area contributed by atoms with Gasteiger partial charge in [-0.05, 0) is 24.3 Å². The number of halogens is 3. The first-order valence-corrected chi connectivity index (χ1v) is 6.88. The maximum Gasteiger partial charge on any atom is 0.278 e. The summed E-state index contributed by atoms with van der Waals surface area (Å²) < 4.78 is 32.0. The zero-order chi connectivity index (χ0) is 16.4. The van der Waals surface area contributed by atoms with E-state index in [4.69, 9.17) is 16.0 Å². The average Bonchev–Trinajstić information content (AvgIpc) is 3.00. The van der Waals surface area contributed by atoms with Gasteiger partial charge in [0.15, 0.2) is 17.8 Å². The van der Waals surface area contributed by atoms with Crippen molar-refractivity contribution in [3.63, 3.8) is 0 Å². The molecule has 2 aromatic carbocycles. The van der Waals surface area contributed by atoms with Crippen LogP contribution >= 0.6 is 11.6 Å². The predicted molar refractivity (Wildman–Crippen MR) is 81.3 cm³/mol. The van der Waals surface area contributed by atoms with Crippen LogP contribution in [0.3, 0.4) is 0 Å². The van der Waals surface area contributed by atoms with Gasteiger partial charge in [-0.2, -0.15) is 0 Å². The fraction of sp³-hybridized carbons (Fsp3) is 0. The summed E-state index contributed by atoms with van der Waals surface area (Å²) in [5.41, 5.74) is 0.200. The summed E-state index contributed by atoms with van der Waals surface area (Å²) >= 11 is 5.91. The minimum atomic E-state index is -0.757. The molecule has 0 atom stereocenters. The summed E-state index contributed by atoms with van der Waals surface area (Å²) in [6, 6.07) is 9.40. The van der Waals surface area contributed by atoms with E-state index >= 15 is 0 Å². The molecule has 0 saturated heterocycles. The lowest BCUT2D eigenvalue weighted by Crippen LogP contribution is -2.14. The summed E-state index contributed by atoms with van der Waals surface area (Å²) in [6.45, 7) is 0. The molecule has 0 aliphatic rings. The van der Waals surface area contributed by atoms with E-state index in [1.807, 2.05) is 0 Å². The molecule has 0 saturated carbocycles. The van der Waals surface area contributed by atoms with E-state index < -0.39 is 17.5 Å². The van der Waals surface area contributed by atoms with Crippen LogP contribution in [0.1, 0.15) is 10.5 Å². The molecule has 1 heterocycles. The van der Waals surface area contributed by atoms with Crippen molar-refractivity contribution in [2.24, 2.45) is 0 Å². The van der Waals surface area contributed by atoms with Crippen molar-refractivity contribution in [1.82, 2.24) is 4.98 Å². The smallest absolute Gasteiger partial charge is 0.278 e. The third-order valence-electron chi connectivity index (χ3n) is 3.05. The molecule has 116 valence electrons. The van der Waals surface area contributed by atoms with Crippen LogP contribution < -0.4 is 5.32 Å². The summed E-state index contributed by atoms with van der Waals surface area (Å²) in [4.78, 5) is 16.1. The lowest BCUT2D eigenvalue weighted by molar-refractivity contribution is 0.102. The minimum Gasteiger partial charge on any atom is -0.443 e. The Kier molecular flexibility index (Phi) is 4.08. The van der Waals surface area contributed by atoms with Crippen LogP contribution in [0.2, 0.25) is 5.02 Å². The second-order valence-corrected chi connectivity index (χ2v) is 5.06. The molecule has 3 rings (SSSR count). The second kappa shape index (κ2) is 6.18. The largest absolute Gasteiger partial charge is 0.443 e. The number of carbonyl (C=O) groups is 1. The molecule has 0 unspecified atom stereocenters. The maximum atomic E-state index is 13.6. The molecule has 4 nitrogen and oxygen atoms in total. The van der Waals surface area contributed by atoms with Crippen LogP contribution in [-0.4, -0.2) is 10.9 Å². The SMILES string of the molecule is O=C(Nc1cc(F)ccc1F)c1ncoc1-c1cccc(Cl)c1. The van der Waals surface area contributed by atoms with Crippen molar-refractivity contribution in [2.45, 2.75) is 0 Å². The maximum absolute atomic E-state index is 13.6. The van der Waals surface area contributed by atoms with Gasteiger partial charge in [-0.15, -0.1) is 0 Å². The van der Waals surface area contributed by atoms with E-state index in [0.29, 0.717) is 10.6 Å². The highest BCUT2D eigenvalue weighted by Crippen LogP contribution is 2.26. The fourth-order valence-electron chi connectivity index (χ4n) is 2.02. The van der Waals surface area contributed by atoms with Gasteiger partial charge in [0.1, 0.15) is 11.6 Å². The molecule has 23 heavy (non-hydrogen) atoms. The van der Waals surface area contributed by atoms with E-state index in [2.05, 4.69) is 10.3 Å². The number of anilines is 1. The molecule has 0 aliphatic heterocycles. The van der Waals surface area contributed by atoms with E-state index in [0.717, 1.165) is 24.6 Å².